The lowest BCUT2D eigenvalue weighted by Gasteiger charge is -2.29. The number of hydrogen-bond acceptors (Lipinski definition) is 1. The molecule has 0 saturated heterocycles. The Hall–Kier alpha value is 0.250. The second kappa shape index (κ2) is 8.55. The Labute approximate surface area is 94.8 Å². The molecule has 2 heteroatoms. The summed E-state index contributed by atoms with van der Waals surface area (Å²) in [4.78, 5) is 2.54. The molecule has 0 saturated carbocycles. The van der Waals surface area contributed by atoms with Crippen LogP contribution in [0.1, 0.15) is 47.0 Å². The molecule has 0 aromatic rings. The van der Waals surface area contributed by atoms with Crippen molar-refractivity contribution >= 4 is 11.6 Å². The SMILES string of the molecule is CCCC(C)CN(CCCCl)C(C)C. The van der Waals surface area contributed by atoms with E-state index >= 15 is 0 Å². The molecule has 0 N–H and O–H groups in total. The summed E-state index contributed by atoms with van der Waals surface area (Å²) in [5.74, 6) is 1.60. The Morgan fingerprint density at radius 1 is 1.21 bits per heavy atom. The zero-order chi connectivity index (χ0) is 11.0. The summed E-state index contributed by atoms with van der Waals surface area (Å²) < 4.78 is 0. The summed E-state index contributed by atoms with van der Waals surface area (Å²) in [5, 5.41) is 0. The third-order valence-corrected chi connectivity index (χ3v) is 2.90. The monoisotopic (exact) mass is 219 g/mol. The minimum absolute atomic E-state index is 0.650. The van der Waals surface area contributed by atoms with E-state index in [0.717, 1.165) is 24.8 Å². The highest BCUT2D eigenvalue weighted by Crippen LogP contribution is 2.10. The van der Waals surface area contributed by atoms with Gasteiger partial charge in [-0.05, 0) is 39.2 Å². The number of alkyl halides is 1. The normalized spacial score (nSPS) is 13.9. The molecule has 1 unspecified atom stereocenters. The summed E-state index contributed by atoms with van der Waals surface area (Å²) in [6.45, 7) is 11.5. The van der Waals surface area contributed by atoms with Gasteiger partial charge in [0.15, 0.2) is 0 Å². The molecule has 0 radical (unpaired) electrons. The second-order valence-electron chi connectivity index (χ2n) is 4.53. The number of rotatable bonds is 8. The summed E-state index contributed by atoms with van der Waals surface area (Å²) in [5.41, 5.74) is 0. The Morgan fingerprint density at radius 3 is 2.29 bits per heavy atom. The largest absolute Gasteiger partial charge is 0.301 e. The van der Waals surface area contributed by atoms with Crippen molar-refractivity contribution in [1.82, 2.24) is 4.90 Å². The van der Waals surface area contributed by atoms with E-state index in [1.807, 2.05) is 0 Å². The van der Waals surface area contributed by atoms with E-state index in [-0.39, 0.29) is 0 Å². The van der Waals surface area contributed by atoms with Crippen LogP contribution in [0, 0.1) is 5.92 Å². The van der Waals surface area contributed by atoms with Crippen LogP contribution in [0.25, 0.3) is 0 Å². The van der Waals surface area contributed by atoms with Gasteiger partial charge in [0, 0.05) is 18.5 Å². The maximum atomic E-state index is 5.72. The van der Waals surface area contributed by atoms with Crippen LogP contribution in [-0.2, 0) is 0 Å². The summed E-state index contributed by atoms with van der Waals surface area (Å²) in [6.07, 6.45) is 3.74. The first-order valence-corrected chi connectivity index (χ1v) is 6.45. The molecule has 0 aromatic heterocycles. The van der Waals surface area contributed by atoms with Crippen molar-refractivity contribution in [1.29, 1.82) is 0 Å². The molecule has 0 aliphatic heterocycles. The Bertz CT molecular complexity index is 125. The van der Waals surface area contributed by atoms with Gasteiger partial charge in [-0.25, -0.2) is 0 Å². The average molecular weight is 220 g/mol. The summed E-state index contributed by atoms with van der Waals surface area (Å²) in [6, 6.07) is 0.650. The number of hydrogen-bond donors (Lipinski definition) is 0. The number of halogens is 1. The fraction of sp³-hybridized carbons (Fsp3) is 1.00. The Morgan fingerprint density at radius 2 is 1.86 bits per heavy atom. The maximum Gasteiger partial charge on any atom is 0.0235 e. The van der Waals surface area contributed by atoms with Crippen LogP contribution >= 0.6 is 11.6 Å². The first-order valence-electron chi connectivity index (χ1n) is 5.91. The van der Waals surface area contributed by atoms with Crippen molar-refractivity contribution in [2.75, 3.05) is 19.0 Å². The molecule has 14 heavy (non-hydrogen) atoms. The summed E-state index contributed by atoms with van der Waals surface area (Å²) in [7, 11) is 0. The smallest absolute Gasteiger partial charge is 0.0235 e. The lowest BCUT2D eigenvalue weighted by molar-refractivity contribution is 0.189. The van der Waals surface area contributed by atoms with Gasteiger partial charge in [0.2, 0.25) is 0 Å². The number of nitrogens with zero attached hydrogens (tertiary/aromatic N) is 1. The highest BCUT2D eigenvalue weighted by atomic mass is 35.5. The van der Waals surface area contributed by atoms with Gasteiger partial charge in [0.25, 0.3) is 0 Å². The van der Waals surface area contributed by atoms with E-state index in [1.54, 1.807) is 0 Å². The van der Waals surface area contributed by atoms with Crippen molar-refractivity contribution < 1.29 is 0 Å². The van der Waals surface area contributed by atoms with Crippen molar-refractivity contribution in [3.8, 4) is 0 Å². The quantitative estimate of drug-likeness (QED) is 0.562. The van der Waals surface area contributed by atoms with E-state index < -0.39 is 0 Å². The molecule has 0 bridgehead atoms. The molecule has 0 rings (SSSR count). The van der Waals surface area contributed by atoms with Crippen LogP contribution in [0.2, 0.25) is 0 Å². The first-order chi connectivity index (χ1) is 6.61. The van der Waals surface area contributed by atoms with Gasteiger partial charge < -0.3 is 4.90 Å². The standard InChI is InChI=1S/C12H26ClN/c1-5-7-12(4)10-14(11(2)3)9-6-8-13/h11-12H,5-10H2,1-4H3. The minimum Gasteiger partial charge on any atom is -0.301 e. The molecule has 1 nitrogen and oxygen atoms in total. The molecule has 86 valence electrons. The van der Waals surface area contributed by atoms with Crippen LogP contribution in [0.15, 0.2) is 0 Å². The molecule has 0 amide bonds. The van der Waals surface area contributed by atoms with Gasteiger partial charge in [-0.2, -0.15) is 0 Å². The van der Waals surface area contributed by atoms with Gasteiger partial charge in [-0.3, -0.25) is 0 Å². The van der Waals surface area contributed by atoms with Crippen molar-refractivity contribution in [3.63, 3.8) is 0 Å². The van der Waals surface area contributed by atoms with Gasteiger partial charge >= 0.3 is 0 Å². The van der Waals surface area contributed by atoms with Crippen LogP contribution in [0.3, 0.4) is 0 Å². The van der Waals surface area contributed by atoms with Crippen molar-refractivity contribution in [2.45, 2.75) is 53.0 Å². The molecule has 0 aliphatic rings. The molecule has 0 aromatic carbocycles. The average Bonchev–Trinajstić information content (AvgIpc) is 2.12. The van der Waals surface area contributed by atoms with Crippen LogP contribution < -0.4 is 0 Å². The molecule has 0 heterocycles. The van der Waals surface area contributed by atoms with E-state index in [1.165, 1.54) is 19.4 Å². The van der Waals surface area contributed by atoms with E-state index in [0.29, 0.717) is 6.04 Å². The van der Waals surface area contributed by atoms with Crippen molar-refractivity contribution in [3.05, 3.63) is 0 Å². The minimum atomic E-state index is 0.650. The third kappa shape index (κ3) is 6.67. The topological polar surface area (TPSA) is 3.24 Å². The lowest BCUT2D eigenvalue weighted by atomic mass is 10.0. The van der Waals surface area contributed by atoms with Gasteiger partial charge in [-0.15, -0.1) is 11.6 Å². The van der Waals surface area contributed by atoms with Crippen LogP contribution in [0.4, 0.5) is 0 Å². The van der Waals surface area contributed by atoms with Gasteiger partial charge in [0.05, 0.1) is 0 Å². The summed E-state index contributed by atoms with van der Waals surface area (Å²) >= 11 is 5.72. The second-order valence-corrected chi connectivity index (χ2v) is 4.90. The third-order valence-electron chi connectivity index (χ3n) is 2.64. The lowest BCUT2D eigenvalue weighted by Crippen LogP contribution is -2.35. The predicted molar refractivity (Wildman–Crippen MR) is 66.1 cm³/mol. The fourth-order valence-corrected chi connectivity index (χ4v) is 1.93. The van der Waals surface area contributed by atoms with Crippen molar-refractivity contribution in [2.24, 2.45) is 5.92 Å². The molecule has 0 spiro atoms. The zero-order valence-corrected chi connectivity index (χ0v) is 11.0. The molecule has 0 fully saturated rings. The Balaban J connectivity index is 3.82. The van der Waals surface area contributed by atoms with E-state index in [2.05, 4.69) is 32.6 Å². The first kappa shape index (κ1) is 14.2. The van der Waals surface area contributed by atoms with Crippen LogP contribution in [0.5, 0.6) is 0 Å². The van der Waals surface area contributed by atoms with E-state index in [4.69, 9.17) is 11.6 Å². The fourth-order valence-electron chi connectivity index (χ4n) is 1.81. The zero-order valence-electron chi connectivity index (χ0n) is 10.2. The molecular formula is C12H26ClN. The highest BCUT2D eigenvalue weighted by molar-refractivity contribution is 6.17. The highest BCUT2D eigenvalue weighted by Gasteiger charge is 2.12. The molecular weight excluding hydrogens is 194 g/mol. The van der Waals surface area contributed by atoms with Crippen LogP contribution in [-0.4, -0.2) is 29.9 Å². The molecule has 1 atom stereocenters. The maximum absolute atomic E-state index is 5.72. The molecule has 0 aliphatic carbocycles. The predicted octanol–water partition coefficient (Wildman–Crippen LogP) is 3.76. The van der Waals surface area contributed by atoms with E-state index in [9.17, 15) is 0 Å². The Kier molecular flexibility index (Phi) is 8.70. The van der Waals surface area contributed by atoms with Gasteiger partial charge in [-0.1, -0.05) is 20.3 Å². The van der Waals surface area contributed by atoms with Gasteiger partial charge in [0.1, 0.15) is 0 Å².